The van der Waals surface area contributed by atoms with Gasteiger partial charge in [0.15, 0.2) is 0 Å². The van der Waals surface area contributed by atoms with Crippen LogP contribution >= 0.6 is 27.5 Å². The Bertz CT molecular complexity index is 464. The molecule has 0 saturated carbocycles. The molecule has 0 heterocycles. The van der Waals surface area contributed by atoms with Crippen LogP contribution in [0.5, 0.6) is 0 Å². The van der Waals surface area contributed by atoms with Crippen molar-refractivity contribution in [2.45, 2.75) is 6.42 Å². The van der Waals surface area contributed by atoms with Gasteiger partial charge in [-0.25, -0.2) is 8.42 Å². The van der Waals surface area contributed by atoms with Crippen LogP contribution in [-0.4, -0.2) is 25.9 Å². The highest BCUT2D eigenvalue weighted by molar-refractivity contribution is 9.10. The second-order valence-corrected chi connectivity index (χ2v) is 6.29. The van der Waals surface area contributed by atoms with Gasteiger partial charge in [-0.2, -0.15) is 0 Å². The molecule has 1 aromatic rings. The molecule has 0 aliphatic rings. The molecule has 0 saturated heterocycles. The molecule has 0 bridgehead atoms. The van der Waals surface area contributed by atoms with Gasteiger partial charge in [0.05, 0.1) is 16.5 Å². The van der Waals surface area contributed by atoms with Crippen LogP contribution < -0.4 is 4.72 Å². The van der Waals surface area contributed by atoms with Gasteiger partial charge >= 0.3 is 0 Å². The number of rotatable bonds is 5. The summed E-state index contributed by atoms with van der Waals surface area (Å²) in [6, 6.07) is 4.87. The van der Waals surface area contributed by atoms with Gasteiger partial charge in [-0.1, -0.05) is 27.5 Å². The third-order valence-corrected chi connectivity index (χ3v) is 3.93. The number of aliphatic hydroxyl groups excluding tert-OH is 1. The molecule has 0 aliphatic heterocycles. The molecule has 7 heteroatoms. The second kappa shape index (κ2) is 5.86. The summed E-state index contributed by atoms with van der Waals surface area (Å²) in [4.78, 5) is 0. The quantitative estimate of drug-likeness (QED) is 0.871. The van der Waals surface area contributed by atoms with Crippen molar-refractivity contribution in [3.05, 3.63) is 27.7 Å². The van der Waals surface area contributed by atoms with E-state index in [1.54, 1.807) is 18.2 Å². The van der Waals surface area contributed by atoms with Gasteiger partial charge in [-0.15, -0.1) is 0 Å². The lowest BCUT2D eigenvalue weighted by atomic mass is 10.3. The van der Waals surface area contributed by atoms with Crippen LogP contribution in [0.4, 0.5) is 5.69 Å². The number of hydrogen-bond acceptors (Lipinski definition) is 3. The van der Waals surface area contributed by atoms with Crippen molar-refractivity contribution in [2.75, 3.05) is 17.1 Å². The number of hydrogen-bond donors (Lipinski definition) is 2. The summed E-state index contributed by atoms with van der Waals surface area (Å²) in [5.74, 6) is -0.129. The molecule has 0 fully saturated rings. The highest BCUT2D eigenvalue weighted by atomic mass is 79.9. The Kier molecular flexibility index (Phi) is 5.04. The molecule has 90 valence electrons. The Balaban J connectivity index is 2.80. The normalized spacial score (nSPS) is 11.4. The number of nitrogens with one attached hydrogen (secondary N) is 1. The van der Waals surface area contributed by atoms with Crippen molar-refractivity contribution in [2.24, 2.45) is 0 Å². The lowest BCUT2D eigenvalue weighted by Gasteiger charge is -2.09. The molecule has 0 radical (unpaired) electrons. The Morgan fingerprint density at radius 2 is 2.12 bits per heavy atom. The summed E-state index contributed by atoms with van der Waals surface area (Å²) >= 11 is 9.09. The fourth-order valence-corrected chi connectivity index (χ4v) is 2.95. The Labute approximate surface area is 108 Å². The lowest BCUT2D eigenvalue weighted by Crippen LogP contribution is -2.17. The minimum Gasteiger partial charge on any atom is -0.396 e. The first-order valence-electron chi connectivity index (χ1n) is 4.51. The van der Waals surface area contributed by atoms with Crippen LogP contribution in [0.15, 0.2) is 22.7 Å². The van der Waals surface area contributed by atoms with E-state index in [0.29, 0.717) is 10.7 Å². The van der Waals surface area contributed by atoms with Crippen molar-refractivity contribution in [3.8, 4) is 0 Å². The van der Waals surface area contributed by atoms with E-state index in [9.17, 15) is 8.42 Å². The lowest BCUT2D eigenvalue weighted by molar-refractivity contribution is 0.295. The monoisotopic (exact) mass is 327 g/mol. The van der Waals surface area contributed by atoms with Gasteiger partial charge in [0.2, 0.25) is 10.0 Å². The highest BCUT2D eigenvalue weighted by Crippen LogP contribution is 2.26. The van der Waals surface area contributed by atoms with Gasteiger partial charge in [-0.3, -0.25) is 4.72 Å². The summed E-state index contributed by atoms with van der Waals surface area (Å²) in [5, 5.41) is 8.88. The first-order valence-corrected chi connectivity index (χ1v) is 7.33. The van der Waals surface area contributed by atoms with Gasteiger partial charge in [0, 0.05) is 11.1 Å². The fourth-order valence-electron chi connectivity index (χ4n) is 1.05. The predicted molar refractivity (Wildman–Crippen MR) is 68.3 cm³/mol. The average Bonchev–Trinajstić information content (AvgIpc) is 2.19. The van der Waals surface area contributed by atoms with Crippen molar-refractivity contribution in [1.29, 1.82) is 0 Å². The van der Waals surface area contributed by atoms with Gasteiger partial charge in [0.25, 0.3) is 0 Å². The van der Waals surface area contributed by atoms with Gasteiger partial charge < -0.3 is 5.11 Å². The van der Waals surface area contributed by atoms with Crippen LogP contribution in [0.2, 0.25) is 5.02 Å². The van der Waals surface area contributed by atoms with Crippen molar-refractivity contribution >= 4 is 43.2 Å². The van der Waals surface area contributed by atoms with E-state index in [1.165, 1.54) is 0 Å². The number of benzene rings is 1. The smallest absolute Gasteiger partial charge is 0.232 e. The first kappa shape index (κ1) is 13.8. The Morgan fingerprint density at radius 1 is 1.44 bits per heavy atom. The minimum atomic E-state index is -3.44. The summed E-state index contributed by atoms with van der Waals surface area (Å²) in [6.45, 7) is -0.158. The van der Waals surface area contributed by atoms with Crippen LogP contribution in [0, 0.1) is 0 Å². The van der Waals surface area contributed by atoms with Crippen LogP contribution in [-0.2, 0) is 10.0 Å². The maximum absolute atomic E-state index is 11.5. The molecule has 4 nitrogen and oxygen atoms in total. The highest BCUT2D eigenvalue weighted by Gasteiger charge is 2.11. The molecule has 0 spiro atoms. The van der Waals surface area contributed by atoms with Crippen LogP contribution in [0.25, 0.3) is 0 Å². The number of sulfonamides is 1. The first-order chi connectivity index (χ1) is 7.44. The van der Waals surface area contributed by atoms with Crippen LogP contribution in [0.1, 0.15) is 6.42 Å². The van der Waals surface area contributed by atoms with Crippen molar-refractivity contribution in [3.63, 3.8) is 0 Å². The Morgan fingerprint density at radius 3 is 2.69 bits per heavy atom. The number of anilines is 1. The van der Waals surface area contributed by atoms with E-state index in [-0.39, 0.29) is 18.8 Å². The SMILES string of the molecule is O=S(=O)(CCCO)Nc1ccc(Br)cc1Cl. The molecule has 0 unspecified atom stereocenters. The maximum Gasteiger partial charge on any atom is 0.232 e. The second-order valence-electron chi connectivity index (χ2n) is 3.12. The van der Waals surface area contributed by atoms with E-state index in [0.717, 1.165) is 4.47 Å². The predicted octanol–water partition coefficient (Wildman–Crippen LogP) is 2.23. The topological polar surface area (TPSA) is 66.4 Å². The fraction of sp³-hybridized carbons (Fsp3) is 0.333. The van der Waals surface area contributed by atoms with Crippen LogP contribution in [0.3, 0.4) is 0 Å². The summed E-state index contributed by atoms with van der Waals surface area (Å²) < 4.78 is 26.1. The van der Waals surface area contributed by atoms with Gasteiger partial charge in [0.1, 0.15) is 0 Å². The standard InChI is InChI=1S/C9H11BrClNO3S/c10-7-2-3-9(8(11)6-7)12-16(14,15)5-1-4-13/h2-3,6,12-13H,1,4-5H2. The summed E-state index contributed by atoms with van der Waals surface area (Å²) in [5.41, 5.74) is 0.336. The molecule has 1 rings (SSSR count). The largest absolute Gasteiger partial charge is 0.396 e. The van der Waals surface area contributed by atoms with E-state index in [2.05, 4.69) is 20.7 Å². The van der Waals surface area contributed by atoms with Crippen molar-refractivity contribution in [1.82, 2.24) is 0 Å². The molecule has 1 aromatic carbocycles. The van der Waals surface area contributed by atoms with Crippen molar-refractivity contribution < 1.29 is 13.5 Å². The molecule has 0 aliphatic carbocycles. The number of halogens is 2. The number of aliphatic hydroxyl groups is 1. The summed E-state index contributed by atoms with van der Waals surface area (Å²) in [6.07, 6.45) is 0.198. The molecular weight excluding hydrogens is 318 g/mol. The molecular formula is C9H11BrClNO3S. The maximum atomic E-state index is 11.5. The summed E-state index contributed by atoms with van der Waals surface area (Å²) in [7, 11) is -3.44. The zero-order valence-corrected chi connectivity index (χ0v) is 11.4. The average molecular weight is 329 g/mol. The Hall–Kier alpha value is -0.300. The van der Waals surface area contributed by atoms with E-state index in [1.807, 2.05) is 0 Å². The van der Waals surface area contributed by atoms with Gasteiger partial charge in [-0.05, 0) is 24.6 Å². The molecule has 16 heavy (non-hydrogen) atoms. The molecule has 0 atom stereocenters. The van der Waals surface area contributed by atoms with E-state index < -0.39 is 10.0 Å². The molecule has 0 aromatic heterocycles. The third-order valence-electron chi connectivity index (χ3n) is 1.77. The minimum absolute atomic E-state index is 0.129. The van der Waals surface area contributed by atoms with E-state index in [4.69, 9.17) is 16.7 Å². The third kappa shape index (κ3) is 4.29. The zero-order valence-electron chi connectivity index (χ0n) is 8.28. The molecule has 0 amide bonds. The zero-order chi connectivity index (χ0) is 12.2. The molecule has 2 N–H and O–H groups in total. The van der Waals surface area contributed by atoms with E-state index >= 15 is 0 Å².